The summed E-state index contributed by atoms with van der Waals surface area (Å²) in [5.41, 5.74) is 9.09. The van der Waals surface area contributed by atoms with Crippen LogP contribution < -0.4 is 10.5 Å². The van der Waals surface area contributed by atoms with Crippen LogP contribution in [0.15, 0.2) is 30.5 Å². The van der Waals surface area contributed by atoms with Crippen molar-refractivity contribution in [1.29, 1.82) is 0 Å². The molecule has 0 atom stereocenters. The van der Waals surface area contributed by atoms with Crippen molar-refractivity contribution in [3.63, 3.8) is 0 Å². The highest BCUT2D eigenvalue weighted by molar-refractivity contribution is 5.44. The molecule has 1 aromatic heterocycles. The first-order chi connectivity index (χ1) is 8.06. The van der Waals surface area contributed by atoms with Crippen molar-refractivity contribution in [3.8, 4) is 11.5 Å². The quantitative estimate of drug-likeness (QED) is 0.857. The zero-order chi connectivity index (χ0) is 12.4. The number of pyridine rings is 1. The molecule has 1 heterocycles. The summed E-state index contributed by atoms with van der Waals surface area (Å²) in [6, 6.07) is 7.72. The second-order valence-electron chi connectivity index (χ2n) is 4.23. The highest BCUT2D eigenvalue weighted by Crippen LogP contribution is 2.28. The Balaban J connectivity index is 2.32. The van der Waals surface area contributed by atoms with E-state index in [1.165, 1.54) is 11.1 Å². The maximum absolute atomic E-state index is 5.81. The number of rotatable bonds is 2. The van der Waals surface area contributed by atoms with Crippen LogP contribution in [0.5, 0.6) is 11.5 Å². The molecule has 2 aromatic rings. The molecule has 0 saturated carbocycles. The van der Waals surface area contributed by atoms with Gasteiger partial charge < -0.3 is 10.5 Å². The van der Waals surface area contributed by atoms with Gasteiger partial charge in [-0.25, -0.2) is 4.98 Å². The summed E-state index contributed by atoms with van der Waals surface area (Å²) < 4.78 is 5.81. The number of nitrogens with zero attached hydrogens (tertiary/aromatic N) is 1. The third kappa shape index (κ3) is 2.56. The van der Waals surface area contributed by atoms with E-state index in [1.54, 1.807) is 12.3 Å². The summed E-state index contributed by atoms with van der Waals surface area (Å²) in [5.74, 6) is 2.07. The molecule has 2 N–H and O–H groups in total. The molecular weight excluding hydrogens is 212 g/mol. The fourth-order valence-electron chi connectivity index (χ4n) is 1.69. The molecule has 0 saturated heterocycles. The lowest BCUT2D eigenvalue weighted by atomic mass is 10.1. The maximum Gasteiger partial charge on any atom is 0.145 e. The van der Waals surface area contributed by atoms with Crippen molar-refractivity contribution >= 4 is 5.82 Å². The van der Waals surface area contributed by atoms with E-state index in [9.17, 15) is 0 Å². The van der Waals surface area contributed by atoms with Gasteiger partial charge in [-0.1, -0.05) is 6.07 Å². The fourth-order valence-corrected chi connectivity index (χ4v) is 1.69. The van der Waals surface area contributed by atoms with Crippen molar-refractivity contribution in [2.75, 3.05) is 5.73 Å². The van der Waals surface area contributed by atoms with E-state index in [0.717, 1.165) is 11.3 Å². The normalized spacial score (nSPS) is 10.3. The van der Waals surface area contributed by atoms with Gasteiger partial charge in [0.1, 0.15) is 17.3 Å². The molecule has 88 valence electrons. The Morgan fingerprint density at radius 2 is 1.88 bits per heavy atom. The third-order valence-electron chi connectivity index (χ3n) is 2.75. The Morgan fingerprint density at radius 1 is 1.12 bits per heavy atom. The van der Waals surface area contributed by atoms with Crippen LogP contribution >= 0.6 is 0 Å². The number of nitrogens with two attached hydrogens (primary N) is 1. The Labute approximate surface area is 101 Å². The smallest absolute Gasteiger partial charge is 0.145 e. The zero-order valence-corrected chi connectivity index (χ0v) is 10.3. The number of hydrogen-bond donors (Lipinski definition) is 1. The van der Waals surface area contributed by atoms with Crippen molar-refractivity contribution in [2.45, 2.75) is 20.8 Å². The van der Waals surface area contributed by atoms with Gasteiger partial charge in [0.05, 0.1) is 6.20 Å². The van der Waals surface area contributed by atoms with E-state index < -0.39 is 0 Å². The molecular formula is C14H16N2O. The lowest BCUT2D eigenvalue weighted by Gasteiger charge is -2.11. The largest absolute Gasteiger partial charge is 0.455 e. The third-order valence-corrected chi connectivity index (χ3v) is 2.75. The minimum Gasteiger partial charge on any atom is -0.455 e. The van der Waals surface area contributed by atoms with Gasteiger partial charge in [-0.15, -0.1) is 0 Å². The predicted molar refractivity (Wildman–Crippen MR) is 69.4 cm³/mol. The Bertz CT molecular complexity index is 533. The van der Waals surface area contributed by atoms with Crippen molar-refractivity contribution < 1.29 is 4.74 Å². The SMILES string of the molecule is Cc1cc(C)c(C)c(Oc2ccc(N)nc2)c1. The molecule has 3 nitrogen and oxygen atoms in total. The first kappa shape index (κ1) is 11.5. The summed E-state index contributed by atoms with van der Waals surface area (Å²) >= 11 is 0. The fraction of sp³-hybridized carbons (Fsp3) is 0.214. The van der Waals surface area contributed by atoms with E-state index >= 15 is 0 Å². The van der Waals surface area contributed by atoms with Crippen molar-refractivity contribution in [3.05, 3.63) is 47.2 Å². The molecule has 0 aliphatic carbocycles. The van der Waals surface area contributed by atoms with E-state index in [2.05, 4.69) is 31.8 Å². The van der Waals surface area contributed by atoms with E-state index in [4.69, 9.17) is 10.5 Å². The molecule has 0 aliphatic rings. The van der Waals surface area contributed by atoms with E-state index in [1.807, 2.05) is 12.1 Å². The van der Waals surface area contributed by atoms with Gasteiger partial charge in [0.25, 0.3) is 0 Å². The number of anilines is 1. The van der Waals surface area contributed by atoms with Crippen LogP contribution in [0.25, 0.3) is 0 Å². The summed E-state index contributed by atoms with van der Waals surface area (Å²) in [6.45, 7) is 6.19. The van der Waals surface area contributed by atoms with Crippen LogP contribution in [-0.4, -0.2) is 4.98 Å². The number of aromatic nitrogens is 1. The number of ether oxygens (including phenoxy) is 1. The molecule has 0 unspecified atom stereocenters. The molecule has 0 bridgehead atoms. The van der Waals surface area contributed by atoms with Gasteiger partial charge >= 0.3 is 0 Å². The molecule has 2 rings (SSSR count). The minimum atomic E-state index is 0.495. The maximum atomic E-state index is 5.81. The standard InChI is InChI=1S/C14H16N2O/c1-9-6-10(2)11(3)13(7-9)17-12-4-5-14(15)16-8-12/h4-8H,1-3H3,(H2,15,16). The van der Waals surface area contributed by atoms with Crippen LogP contribution in [0.3, 0.4) is 0 Å². The molecule has 0 amide bonds. The molecule has 0 spiro atoms. The van der Waals surface area contributed by atoms with Crippen LogP contribution in [0.2, 0.25) is 0 Å². The lowest BCUT2D eigenvalue weighted by Crippen LogP contribution is -1.93. The summed E-state index contributed by atoms with van der Waals surface area (Å²) in [7, 11) is 0. The first-order valence-corrected chi connectivity index (χ1v) is 5.53. The van der Waals surface area contributed by atoms with Gasteiger partial charge in [-0.05, 0) is 55.7 Å². The topological polar surface area (TPSA) is 48.1 Å². The lowest BCUT2D eigenvalue weighted by molar-refractivity contribution is 0.476. The first-order valence-electron chi connectivity index (χ1n) is 5.53. The number of nitrogen functional groups attached to an aromatic ring is 1. The highest BCUT2D eigenvalue weighted by Gasteiger charge is 2.05. The predicted octanol–water partition coefficient (Wildman–Crippen LogP) is 3.38. The minimum absolute atomic E-state index is 0.495. The summed E-state index contributed by atoms with van der Waals surface area (Å²) in [6.07, 6.45) is 1.63. The molecule has 0 radical (unpaired) electrons. The highest BCUT2D eigenvalue weighted by atomic mass is 16.5. The Kier molecular flexibility index (Phi) is 3.00. The zero-order valence-electron chi connectivity index (χ0n) is 10.3. The average molecular weight is 228 g/mol. The summed E-state index contributed by atoms with van der Waals surface area (Å²) in [5, 5.41) is 0. The molecule has 1 aromatic carbocycles. The van der Waals surface area contributed by atoms with E-state index in [-0.39, 0.29) is 0 Å². The van der Waals surface area contributed by atoms with Crippen molar-refractivity contribution in [2.24, 2.45) is 0 Å². The summed E-state index contributed by atoms with van der Waals surface area (Å²) in [4.78, 5) is 4.00. The average Bonchev–Trinajstić information content (AvgIpc) is 2.28. The van der Waals surface area contributed by atoms with Crippen LogP contribution in [0.4, 0.5) is 5.82 Å². The second kappa shape index (κ2) is 4.45. The number of aryl methyl sites for hydroxylation is 2. The number of hydrogen-bond acceptors (Lipinski definition) is 3. The van der Waals surface area contributed by atoms with Gasteiger partial charge in [-0.2, -0.15) is 0 Å². The number of benzene rings is 1. The van der Waals surface area contributed by atoms with Crippen LogP contribution in [0.1, 0.15) is 16.7 Å². The molecule has 17 heavy (non-hydrogen) atoms. The van der Waals surface area contributed by atoms with Gasteiger partial charge in [0.15, 0.2) is 0 Å². The van der Waals surface area contributed by atoms with E-state index in [0.29, 0.717) is 11.6 Å². The Hall–Kier alpha value is -2.03. The monoisotopic (exact) mass is 228 g/mol. The van der Waals surface area contributed by atoms with Crippen LogP contribution in [0, 0.1) is 20.8 Å². The molecule has 0 aliphatic heterocycles. The van der Waals surface area contributed by atoms with Gasteiger partial charge in [0, 0.05) is 0 Å². The Morgan fingerprint density at radius 3 is 2.53 bits per heavy atom. The van der Waals surface area contributed by atoms with Crippen LogP contribution in [-0.2, 0) is 0 Å². The molecule has 0 fully saturated rings. The van der Waals surface area contributed by atoms with Gasteiger partial charge in [0.2, 0.25) is 0 Å². The molecule has 3 heteroatoms. The van der Waals surface area contributed by atoms with Crippen molar-refractivity contribution in [1.82, 2.24) is 4.98 Å². The second-order valence-corrected chi connectivity index (χ2v) is 4.23. The van der Waals surface area contributed by atoms with Gasteiger partial charge in [-0.3, -0.25) is 0 Å².